The van der Waals surface area contributed by atoms with Gasteiger partial charge >= 0.3 is 5.97 Å². The number of aliphatic hydroxyl groups is 1. The largest absolute Gasteiger partial charge is 0.469 e. The molecule has 1 aliphatic heterocycles. The number of halogens is 1. The molecule has 31 heavy (non-hydrogen) atoms. The average molecular weight is 441 g/mol. The summed E-state index contributed by atoms with van der Waals surface area (Å²) in [6.45, 7) is 0.291. The van der Waals surface area contributed by atoms with Crippen LogP contribution >= 0.6 is 11.6 Å². The molecule has 0 saturated heterocycles. The number of carbonyl (C=O) groups is 1. The van der Waals surface area contributed by atoms with Gasteiger partial charge in [0.25, 0.3) is 0 Å². The standard InChI is InChI=1S/C23H25ClN4O3/c1-31-21(30)10-9-19-23(26-13-20(29)14-5-6-14)28-17-8-7-15(24)12-16(17)22(27-19)18-4-2-3-11-25-18/h2-4,7-8,11-12,14,19-20,29H,5-6,9-10,13H2,1H3,(H,26,28)/t19-,20?/m0/s1. The summed E-state index contributed by atoms with van der Waals surface area (Å²) in [5, 5.41) is 14.3. The Balaban J connectivity index is 1.75. The van der Waals surface area contributed by atoms with Crippen LogP contribution in [0.5, 0.6) is 0 Å². The van der Waals surface area contributed by atoms with Crippen LogP contribution in [0.2, 0.25) is 5.02 Å². The summed E-state index contributed by atoms with van der Waals surface area (Å²) < 4.78 is 4.82. The van der Waals surface area contributed by atoms with Crippen LogP contribution in [-0.2, 0) is 9.53 Å². The Bertz CT molecular complexity index is 1010. The van der Waals surface area contributed by atoms with E-state index in [9.17, 15) is 9.90 Å². The molecule has 1 saturated carbocycles. The van der Waals surface area contributed by atoms with E-state index in [4.69, 9.17) is 21.3 Å². The summed E-state index contributed by atoms with van der Waals surface area (Å²) >= 11 is 6.29. The van der Waals surface area contributed by atoms with Crippen LogP contribution in [-0.4, -0.2) is 53.4 Å². The molecule has 2 aromatic rings. The highest BCUT2D eigenvalue weighted by atomic mass is 35.5. The number of benzene rings is 1. The zero-order valence-corrected chi connectivity index (χ0v) is 18.0. The van der Waals surface area contributed by atoms with Crippen molar-refractivity contribution >= 4 is 34.8 Å². The fourth-order valence-electron chi connectivity index (χ4n) is 3.56. The number of aromatic nitrogens is 1. The first-order chi connectivity index (χ1) is 15.0. The third kappa shape index (κ3) is 5.29. The van der Waals surface area contributed by atoms with Crippen LogP contribution in [0.1, 0.15) is 36.9 Å². The number of anilines is 1. The van der Waals surface area contributed by atoms with Gasteiger partial charge in [0.1, 0.15) is 11.9 Å². The van der Waals surface area contributed by atoms with Crippen molar-refractivity contribution in [2.75, 3.05) is 19.0 Å². The Hall–Kier alpha value is -2.77. The molecule has 2 heterocycles. The molecule has 1 fully saturated rings. The number of aliphatic imine (C=N–C) groups is 2. The molecule has 1 aliphatic carbocycles. The molecule has 0 spiro atoms. The molecule has 0 radical (unpaired) electrons. The molecule has 0 bridgehead atoms. The van der Waals surface area contributed by atoms with Crippen molar-refractivity contribution in [3.63, 3.8) is 0 Å². The first-order valence-electron chi connectivity index (χ1n) is 10.4. The second kappa shape index (κ2) is 9.58. The molecule has 162 valence electrons. The summed E-state index contributed by atoms with van der Waals surface area (Å²) in [6.07, 6.45) is 3.93. The minimum Gasteiger partial charge on any atom is -0.469 e. The van der Waals surface area contributed by atoms with E-state index in [-0.39, 0.29) is 12.4 Å². The maximum Gasteiger partial charge on any atom is 0.305 e. The monoisotopic (exact) mass is 440 g/mol. The normalized spacial score (nSPS) is 20.3. The number of hydrogen-bond acceptors (Lipinski definition) is 6. The molecular weight excluding hydrogens is 416 g/mol. The number of benzodiazepines with no additional fused rings is 1. The Morgan fingerprint density at radius 3 is 2.90 bits per heavy atom. The lowest BCUT2D eigenvalue weighted by atomic mass is 10.0. The maximum absolute atomic E-state index is 11.8. The van der Waals surface area contributed by atoms with Crippen LogP contribution in [0.3, 0.4) is 0 Å². The number of aliphatic hydroxyl groups excluding tert-OH is 1. The van der Waals surface area contributed by atoms with Gasteiger partial charge in [-0.1, -0.05) is 17.7 Å². The highest BCUT2D eigenvalue weighted by molar-refractivity contribution is 6.32. The smallest absolute Gasteiger partial charge is 0.305 e. The topological polar surface area (TPSA) is 96.2 Å². The van der Waals surface area contributed by atoms with E-state index in [1.165, 1.54) is 7.11 Å². The van der Waals surface area contributed by atoms with Gasteiger partial charge in [-0.05, 0) is 55.5 Å². The number of rotatable bonds is 7. The van der Waals surface area contributed by atoms with Crippen LogP contribution in [0.15, 0.2) is 52.6 Å². The highest BCUT2D eigenvalue weighted by Gasteiger charge is 2.30. The summed E-state index contributed by atoms with van der Waals surface area (Å²) in [7, 11) is 1.37. The van der Waals surface area contributed by atoms with Crippen molar-refractivity contribution in [1.29, 1.82) is 0 Å². The van der Waals surface area contributed by atoms with Gasteiger partial charge in [-0.2, -0.15) is 0 Å². The number of amidine groups is 1. The number of carbonyl (C=O) groups excluding carboxylic acids is 1. The second-order valence-electron chi connectivity index (χ2n) is 7.77. The van der Waals surface area contributed by atoms with Crippen molar-refractivity contribution in [3.8, 4) is 0 Å². The maximum atomic E-state index is 11.8. The molecule has 2 aliphatic rings. The molecule has 0 amide bonds. The van der Waals surface area contributed by atoms with Gasteiger partial charge in [-0.25, -0.2) is 0 Å². The summed E-state index contributed by atoms with van der Waals surface area (Å²) in [5.74, 6) is 0.622. The molecule has 2 atom stereocenters. The molecule has 8 heteroatoms. The third-order valence-electron chi connectivity index (χ3n) is 5.47. The van der Waals surface area contributed by atoms with Crippen LogP contribution in [0, 0.1) is 5.92 Å². The zero-order valence-electron chi connectivity index (χ0n) is 17.3. The number of ether oxygens (including phenoxy) is 1. The van der Waals surface area contributed by atoms with Crippen LogP contribution in [0.25, 0.3) is 0 Å². The number of methoxy groups -OCH3 is 1. The van der Waals surface area contributed by atoms with Gasteiger partial charge in [0, 0.05) is 28.9 Å². The highest BCUT2D eigenvalue weighted by Crippen LogP contribution is 2.33. The lowest BCUT2D eigenvalue weighted by Crippen LogP contribution is -2.29. The minimum atomic E-state index is -0.470. The first-order valence-corrected chi connectivity index (χ1v) is 10.8. The Morgan fingerprint density at radius 2 is 2.19 bits per heavy atom. The van der Waals surface area contributed by atoms with Gasteiger partial charge in [-0.3, -0.25) is 19.8 Å². The van der Waals surface area contributed by atoms with Crippen molar-refractivity contribution in [3.05, 3.63) is 58.9 Å². The van der Waals surface area contributed by atoms with E-state index in [0.29, 0.717) is 41.1 Å². The van der Waals surface area contributed by atoms with E-state index in [0.717, 1.165) is 24.1 Å². The number of esters is 1. The summed E-state index contributed by atoms with van der Waals surface area (Å²) in [4.78, 5) is 25.9. The van der Waals surface area contributed by atoms with Gasteiger partial charge in [0.2, 0.25) is 0 Å². The Kier molecular flexibility index (Phi) is 6.63. The van der Waals surface area contributed by atoms with E-state index in [2.05, 4.69) is 15.3 Å². The average Bonchev–Trinajstić information content (AvgIpc) is 3.64. The molecule has 2 N–H and O–H groups in total. The first kappa shape index (κ1) is 21.5. The van der Waals surface area contributed by atoms with Gasteiger partial charge in [0.05, 0.1) is 31.2 Å². The number of hydrogen-bond donors (Lipinski definition) is 2. The predicted molar refractivity (Wildman–Crippen MR) is 121 cm³/mol. The van der Waals surface area contributed by atoms with E-state index in [1.54, 1.807) is 12.3 Å². The Morgan fingerprint density at radius 1 is 1.35 bits per heavy atom. The van der Waals surface area contributed by atoms with Crippen molar-refractivity contribution < 1.29 is 14.6 Å². The molecule has 1 aromatic carbocycles. The second-order valence-corrected chi connectivity index (χ2v) is 8.21. The lowest BCUT2D eigenvalue weighted by molar-refractivity contribution is -0.140. The lowest BCUT2D eigenvalue weighted by Gasteiger charge is -2.16. The molecule has 7 nitrogen and oxygen atoms in total. The molecule has 1 aromatic heterocycles. The number of nitrogens with zero attached hydrogens (tertiary/aromatic N) is 3. The fraction of sp³-hybridized carbons (Fsp3) is 0.391. The minimum absolute atomic E-state index is 0.198. The van der Waals surface area contributed by atoms with E-state index < -0.39 is 12.1 Å². The molecule has 4 rings (SSSR count). The van der Waals surface area contributed by atoms with Crippen molar-refractivity contribution in [1.82, 2.24) is 4.98 Å². The SMILES string of the molecule is COC(=O)CC[C@@H]1N=C(c2ccccn2)c2cc(Cl)ccc2NC1=NCC(O)C1CC1. The molecular formula is C23H25ClN4O3. The van der Waals surface area contributed by atoms with Crippen molar-refractivity contribution in [2.45, 2.75) is 37.8 Å². The Labute approximate surface area is 186 Å². The van der Waals surface area contributed by atoms with Crippen LogP contribution < -0.4 is 5.32 Å². The number of nitrogens with one attached hydrogen (secondary N) is 1. The quantitative estimate of drug-likeness (QED) is 0.642. The summed E-state index contributed by atoms with van der Waals surface area (Å²) in [6, 6.07) is 10.7. The van der Waals surface area contributed by atoms with Gasteiger partial charge < -0.3 is 15.2 Å². The van der Waals surface area contributed by atoms with Gasteiger partial charge in [0.15, 0.2) is 0 Å². The van der Waals surface area contributed by atoms with Gasteiger partial charge in [-0.15, -0.1) is 0 Å². The van der Waals surface area contributed by atoms with E-state index in [1.807, 2.05) is 30.3 Å². The number of pyridine rings is 1. The zero-order chi connectivity index (χ0) is 21.8. The van der Waals surface area contributed by atoms with E-state index >= 15 is 0 Å². The fourth-order valence-corrected chi connectivity index (χ4v) is 3.73. The molecule has 1 unspecified atom stereocenters. The van der Waals surface area contributed by atoms with Crippen molar-refractivity contribution in [2.24, 2.45) is 15.9 Å². The summed E-state index contributed by atoms with van der Waals surface area (Å²) in [5.41, 5.74) is 2.99. The number of fused-ring (bicyclic) bond motifs is 1. The van der Waals surface area contributed by atoms with Crippen LogP contribution in [0.4, 0.5) is 5.69 Å². The predicted octanol–water partition coefficient (Wildman–Crippen LogP) is 3.49. The third-order valence-corrected chi connectivity index (χ3v) is 5.71.